The minimum absolute atomic E-state index is 0.0288. The van der Waals surface area contributed by atoms with Crippen LogP contribution in [-0.2, 0) is 0 Å². The Bertz CT molecular complexity index is 533. The Morgan fingerprint density at radius 2 is 2.27 bits per heavy atom. The highest BCUT2D eigenvalue weighted by Gasteiger charge is 2.11. The molecule has 0 atom stereocenters. The molecular formula is C9H9N3O3. The molecule has 2 aromatic heterocycles. The molecule has 0 aliphatic heterocycles. The number of carboxylic acids is 1. The van der Waals surface area contributed by atoms with E-state index in [2.05, 4.69) is 9.97 Å². The molecule has 2 heterocycles. The SMILES string of the molecule is COc1cc(C)n2cc(C(=O)O)nc2n1. The normalized spacial score (nSPS) is 10.5. The van der Waals surface area contributed by atoms with Crippen molar-refractivity contribution in [3.8, 4) is 5.88 Å². The molecule has 0 amide bonds. The number of imidazole rings is 1. The monoisotopic (exact) mass is 207 g/mol. The molecule has 0 aromatic carbocycles. The number of aryl methyl sites for hydroxylation is 1. The number of aromatic carboxylic acids is 1. The van der Waals surface area contributed by atoms with Gasteiger partial charge in [0.05, 0.1) is 7.11 Å². The Morgan fingerprint density at radius 3 is 2.87 bits per heavy atom. The molecule has 2 aromatic rings. The van der Waals surface area contributed by atoms with E-state index in [1.54, 1.807) is 10.5 Å². The zero-order valence-electron chi connectivity index (χ0n) is 8.26. The minimum atomic E-state index is -1.07. The molecule has 6 heteroatoms. The van der Waals surface area contributed by atoms with Gasteiger partial charge in [0.1, 0.15) is 0 Å². The van der Waals surface area contributed by atoms with Crippen molar-refractivity contribution >= 4 is 11.7 Å². The van der Waals surface area contributed by atoms with Crippen molar-refractivity contribution in [2.75, 3.05) is 7.11 Å². The third-order valence-electron chi connectivity index (χ3n) is 2.04. The number of ether oxygens (including phenoxy) is 1. The van der Waals surface area contributed by atoms with E-state index >= 15 is 0 Å². The largest absolute Gasteiger partial charge is 0.481 e. The predicted octanol–water partition coefficient (Wildman–Crippen LogP) is 0.745. The molecule has 1 N–H and O–H groups in total. The molecule has 15 heavy (non-hydrogen) atoms. The minimum Gasteiger partial charge on any atom is -0.481 e. The first kappa shape index (κ1) is 9.45. The molecule has 0 radical (unpaired) electrons. The summed E-state index contributed by atoms with van der Waals surface area (Å²) in [6, 6.07) is 1.71. The lowest BCUT2D eigenvalue weighted by Crippen LogP contribution is -1.96. The maximum Gasteiger partial charge on any atom is 0.356 e. The highest BCUT2D eigenvalue weighted by atomic mass is 16.5. The smallest absolute Gasteiger partial charge is 0.356 e. The number of hydrogen-bond acceptors (Lipinski definition) is 4. The molecule has 0 aliphatic carbocycles. The third kappa shape index (κ3) is 1.50. The molecule has 0 saturated heterocycles. The molecule has 0 bridgehead atoms. The van der Waals surface area contributed by atoms with Crippen molar-refractivity contribution in [2.24, 2.45) is 0 Å². The van der Waals surface area contributed by atoms with Gasteiger partial charge in [-0.15, -0.1) is 0 Å². The summed E-state index contributed by atoms with van der Waals surface area (Å²) < 4.78 is 6.56. The van der Waals surface area contributed by atoms with E-state index in [0.29, 0.717) is 11.7 Å². The summed E-state index contributed by atoms with van der Waals surface area (Å²) in [6.45, 7) is 1.82. The van der Waals surface area contributed by atoms with Gasteiger partial charge < -0.3 is 9.84 Å². The summed E-state index contributed by atoms with van der Waals surface area (Å²) in [5.74, 6) is -0.328. The van der Waals surface area contributed by atoms with E-state index in [-0.39, 0.29) is 5.69 Å². The fourth-order valence-electron chi connectivity index (χ4n) is 1.30. The Morgan fingerprint density at radius 1 is 1.53 bits per heavy atom. The van der Waals surface area contributed by atoms with Gasteiger partial charge in [-0.25, -0.2) is 9.78 Å². The van der Waals surface area contributed by atoms with Gasteiger partial charge in [0.15, 0.2) is 5.69 Å². The Kier molecular flexibility index (Phi) is 2.03. The zero-order chi connectivity index (χ0) is 11.0. The molecular weight excluding hydrogens is 198 g/mol. The standard InChI is InChI=1S/C9H9N3O3/c1-5-3-7(15-2)11-9-10-6(8(13)14)4-12(5)9/h3-4H,1-2H3,(H,13,14). The number of fused-ring (bicyclic) bond motifs is 1. The van der Waals surface area contributed by atoms with Crippen molar-refractivity contribution in [2.45, 2.75) is 6.92 Å². The number of rotatable bonds is 2. The summed E-state index contributed by atoms with van der Waals surface area (Å²) in [6.07, 6.45) is 1.43. The molecule has 0 unspecified atom stereocenters. The molecule has 6 nitrogen and oxygen atoms in total. The summed E-state index contributed by atoms with van der Waals surface area (Å²) in [5, 5.41) is 8.77. The molecule has 0 spiro atoms. The molecule has 0 fully saturated rings. The maximum absolute atomic E-state index is 10.7. The first-order valence-corrected chi connectivity index (χ1v) is 4.26. The Labute approximate surface area is 85.2 Å². The number of hydrogen-bond donors (Lipinski definition) is 1. The fraction of sp³-hybridized carbons (Fsp3) is 0.222. The second-order valence-corrected chi connectivity index (χ2v) is 3.04. The zero-order valence-corrected chi connectivity index (χ0v) is 8.26. The van der Waals surface area contributed by atoms with Crippen LogP contribution in [0.2, 0.25) is 0 Å². The van der Waals surface area contributed by atoms with Crippen molar-refractivity contribution in [3.63, 3.8) is 0 Å². The first-order valence-electron chi connectivity index (χ1n) is 4.26. The van der Waals surface area contributed by atoms with Gasteiger partial charge in [-0.05, 0) is 6.92 Å². The van der Waals surface area contributed by atoms with E-state index in [1.807, 2.05) is 6.92 Å². The molecule has 0 aliphatic rings. The number of carbonyl (C=O) groups is 1. The topological polar surface area (TPSA) is 76.7 Å². The van der Waals surface area contributed by atoms with Gasteiger partial charge in [-0.2, -0.15) is 4.98 Å². The van der Waals surface area contributed by atoms with Crippen molar-refractivity contribution in [3.05, 3.63) is 23.7 Å². The van der Waals surface area contributed by atoms with E-state index < -0.39 is 5.97 Å². The van der Waals surface area contributed by atoms with Crippen LogP contribution in [0.3, 0.4) is 0 Å². The highest BCUT2D eigenvalue weighted by molar-refractivity contribution is 5.85. The van der Waals surface area contributed by atoms with Crippen molar-refractivity contribution in [1.29, 1.82) is 0 Å². The lowest BCUT2D eigenvalue weighted by atomic mass is 10.4. The summed E-state index contributed by atoms with van der Waals surface area (Å²) in [5.41, 5.74) is 0.788. The number of aromatic nitrogens is 3. The van der Waals surface area contributed by atoms with Gasteiger partial charge in [0, 0.05) is 18.0 Å². The van der Waals surface area contributed by atoms with Crippen LogP contribution in [0.25, 0.3) is 5.78 Å². The predicted molar refractivity (Wildman–Crippen MR) is 51.2 cm³/mol. The molecule has 2 rings (SSSR count). The lowest BCUT2D eigenvalue weighted by Gasteiger charge is -2.01. The van der Waals surface area contributed by atoms with E-state index in [1.165, 1.54) is 13.3 Å². The van der Waals surface area contributed by atoms with Gasteiger partial charge in [-0.3, -0.25) is 4.40 Å². The van der Waals surface area contributed by atoms with Gasteiger partial charge >= 0.3 is 5.97 Å². The Hall–Kier alpha value is -2.11. The highest BCUT2D eigenvalue weighted by Crippen LogP contribution is 2.13. The van der Waals surface area contributed by atoms with Crippen LogP contribution < -0.4 is 4.74 Å². The van der Waals surface area contributed by atoms with Crippen LogP contribution in [0.4, 0.5) is 0 Å². The number of nitrogens with zero attached hydrogens (tertiary/aromatic N) is 3. The number of methoxy groups -OCH3 is 1. The number of carboxylic acid groups (broad SMARTS) is 1. The van der Waals surface area contributed by atoms with Gasteiger partial charge in [0.25, 0.3) is 0 Å². The maximum atomic E-state index is 10.7. The van der Waals surface area contributed by atoms with Crippen LogP contribution in [0.15, 0.2) is 12.3 Å². The quantitative estimate of drug-likeness (QED) is 0.786. The fourth-order valence-corrected chi connectivity index (χ4v) is 1.30. The van der Waals surface area contributed by atoms with E-state index in [0.717, 1.165) is 5.69 Å². The average molecular weight is 207 g/mol. The van der Waals surface area contributed by atoms with Crippen molar-refractivity contribution in [1.82, 2.24) is 14.4 Å². The van der Waals surface area contributed by atoms with Crippen molar-refractivity contribution < 1.29 is 14.6 Å². The van der Waals surface area contributed by atoms with Gasteiger partial charge in [0.2, 0.25) is 11.7 Å². The van der Waals surface area contributed by atoms with E-state index in [4.69, 9.17) is 9.84 Å². The Balaban J connectivity index is 2.69. The van der Waals surface area contributed by atoms with Crippen LogP contribution in [0.5, 0.6) is 5.88 Å². The van der Waals surface area contributed by atoms with Gasteiger partial charge in [-0.1, -0.05) is 0 Å². The second kappa shape index (κ2) is 3.23. The lowest BCUT2D eigenvalue weighted by molar-refractivity contribution is 0.0691. The molecule has 0 saturated carbocycles. The van der Waals surface area contributed by atoms with Crippen LogP contribution in [0.1, 0.15) is 16.2 Å². The average Bonchev–Trinajstić information content (AvgIpc) is 2.61. The van der Waals surface area contributed by atoms with Crippen LogP contribution in [-0.4, -0.2) is 32.6 Å². The van der Waals surface area contributed by atoms with Crippen LogP contribution >= 0.6 is 0 Å². The second-order valence-electron chi connectivity index (χ2n) is 3.04. The van der Waals surface area contributed by atoms with Crippen LogP contribution in [0, 0.1) is 6.92 Å². The summed E-state index contributed by atoms with van der Waals surface area (Å²) >= 11 is 0. The molecule has 78 valence electrons. The van der Waals surface area contributed by atoms with E-state index in [9.17, 15) is 4.79 Å². The first-order chi connectivity index (χ1) is 7.11. The summed E-state index contributed by atoms with van der Waals surface area (Å²) in [7, 11) is 1.50. The third-order valence-corrected chi connectivity index (χ3v) is 2.04. The summed E-state index contributed by atoms with van der Waals surface area (Å²) in [4.78, 5) is 18.6.